The number of thiophene rings is 1. The summed E-state index contributed by atoms with van der Waals surface area (Å²) in [6.45, 7) is 3.82. The lowest BCUT2D eigenvalue weighted by atomic mass is 10.1. The Morgan fingerprint density at radius 2 is 1.96 bits per heavy atom. The van der Waals surface area contributed by atoms with Crippen molar-refractivity contribution < 1.29 is 9.59 Å². The Kier molecular flexibility index (Phi) is 6.64. The zero-order chi connectivity index (χ0) is 20.1. The van der Waals surface area contributed by atoms with Crippen molar-refractivity contribution in [1.82, 2.24) is 14.8 Å². The van der Waals surface area contributed by atoms with Gasteiger partial charge in [0.25, 0.3) is 0 Å². The van der Waals surface area contributed by atoms with Gasteiger partial charge in [-0.2, -0.15) is 0 Å². The molecule has 0 saturated heterocycles. The van der Waals surface area contributed by atoms with E-state index in [4.69, 9.17) is 0 Å². The van der Waals surface area contributed by atoms with Crippen LogP contribution in [0.2, 0.25) is 0 Å². The van der Waals surface area contributed by atoms with E-state index in [-0.39, 0.29) is 16.9 Å². The number of rotatable bonds is 8. The van der Waals surface area contributed by atoms with Crippen LogP contribution >= 0.6 is 23.1 Å². The highest BCUT2D eigenvalue weighted by Gasteiger charge is 2.21. The summed E-state index contributed by atoms with van der Waals surface area (Å²) in [5.41, 5.74) is 1.30. The molecule has 1 aromatic carbocycles. The molecule has 1 atom stereocenters. The molecule has 2 heterocycles. The minimum absolute atomic E-state index is 0.0112. The van der Waals surface area contributed by atoms with Gasteiger partial charge in [-0.15, -0.1) is 21.5 Å². The Hall–Kier alpha value is -2.45. The molecule has 0 radical (unpaired) electrons. The van der Waals surface area contributed by atoms with E-state index in [1.165, 1.54) is 11.8 Å². The average Bonchev–Trinajstić information content (AvgIpc) is 3.32. The summed E-state index contributed by atoms with van der Waals surface area (Å²) >= 11 is 2.99. The Bertz CT molecular complexity index is 949. The number of thioether (sulfide) groups is 1. The largest absolute Gasteiger partial charge is 0.326 e. The molecule has 2 aromatic heterocycles. The van der Waals surface area contributed by atoms with Gasteiger partial charge >= 0.3 is 0 Å². The van der Waals surface area contributed by atoms with E-state index in [1.54, 1.807) is 35.6 Å². The van der Waals surface area contributed by atoms with Gasteiger partial charge in [-0.25, -0.2) is 0 Å². The molecule has 28 heavy (non-hydrogen) atoms. The molecule has 1 N–H and O–H groups in total. The number of nitrogens with zero attached hydrogens (tertiary/aromatic N) is 3. The van der Waals surface area contributed by atoms with Crippen LogP contribution in [0.1, 0.15) is 37.0 Å². The lowest BCUT2D eigenvalue weighted by Gasteiger charge is -2.11. The van der Waals surface area contributed by atoms with Crippen molar-refractivity contribution in [1.29, 1.82) is 0 Å². The van der Waals surface area contributed by atoms with Crippen molar-refractivity contribution in [2.24, 2.45) is 7.05 Å². The fraction of sp³-hybridized carbons (Fsp3) is 0.300. The number of amides is 1. The third kappa shape index (κ3) is 4.69. The third-order valence-electron chi connectivity index (χ3n) is 4.16. The number of carbonyl (C=O) groups is 2. The number of nitrogens with one attached hydrogen (secondary N) is 1. The second kappa shape index (κ2) is 9.16. The summed E-state index contributed by atoms with van der Waals surface area (Å²) in [5, 5.41) is 13.7. The SMILES string of the molecule is CCCC(=O)Nc1ccc(C(=O)C(C)Sc2nnc(-c3cccs3)n2C)cc1. The molecule has 6 nitrogen and oxygen atoms in total. The van der Waals surface area contributed by atoms with E-state index < -0.39 is 0 Å². The van der Waals surface area contributed by atoms with Crippen LogP contribution < -0.4 is 5.32 Å². The molecular formula is C20H22N4O2S2. The highest BCUT2D eigenvalue weighted by atomic mass is 32.2. The molecule has 0 aliphatic heterocycles. The van der Waals surface area contributed by atoms with Crippen LogP contribution in [0.15, 0.2) is 46.9 Å². The maximum atomic E-state index is 12.8. The smallest absolute Gasteiger partial charge is 0.224 e. The summed E-state index contributed by atoms with van der Waals surface area (Å²) in [6.07, 6.45) is 1.28. The van der Waals surface area contributed by atoms with Gasteiger partial charge in [-0.3, -0.25) is 9.59 Å². The Morgan fingerprint density at radius 3 is 2.61 bits per heavy atom. The van der Waals surface area contributed by atoms with E-state index in [2.05, 4.69) is 15.5 Å². The highest BCUT2D eigenvalue weighted by molar-refractivity contribution is 8.00. The number of Topliss-reactive ketones (excluding diaryl/α,β-unsaturated/α-hetero) is 1. The van der Waals surface area contributed by atoms with Crippen LogP contribution in [0.5, 0.6) is 0 Å². The second-order valence-electron chi connectivity index (χ2n) is 6.34. The summed E-state index contributed by atoms with van der Waals surface area (Å²) in [6, 6.07) is 11.0. The molecule has 0 saturated carbocycles. The maximum Gasteiger partial charge on any atom is 0.224 e. The van der Waals surface area contributed by atoms with E-state index >= 15 is 0 Å². The molecule has 3 aromatic rings. The van der Waals surface area contributed by atoms with Gasteiger partial charge in [0.1, 0.15) is 0 Å². The predicted molar refractivity (Wildman–Crippen MR) is 114 cm³/mol. The maximum absolute atomic E-state index is 12.8. The summed E-state index contributed by atoms with van der Waals surface area (Å²) < 4.78 is 1.91. The van der Waals surface area contributed by atoms with Gasteiger partial charge in [0.2, 0.25) is 5.91 Å². The average molecular weight is 415 g/mol. The Labute approximate surface area is 172 Å². The van der Waals surface area contributed by atoms with Crippen LogP contribution in [0.25, 0.3) is 10.7 Å². The number of ketones is 1. The van der Waals surface area contributed by atoms with Crippen LogP contribution in [-0.4, -0.2) is 31.7 Å². The van der Waals surface area contributed by atoms with E-state index in [1.807, 2.05) is 43.0 Å². The van der Waals surface area contributed by atoms with E-state index in [0.29, 0.717) is 22.8 Å². The molecule has 0 bridgehead atoms. The van der Waals surface area contributed by atoms with Gasteiger partial charge in [0.15, 0.2) is 16.8 Å². The minimum atomic E-state index is -0.306. The van der Waals surface area contributed by atoms with Gasteiger partial charge in [-0.05, 0) is 49.1 Å². The minimum Gasteiger partial charge on any atom is -0.326 e. The molecule has 146 valence electrons. The zero-order valence-electron chi connectivity index (χ0n) is 16.0. The van der Waals surface area contributed by atoms with Gasteiger partial charge < -0.3 is 9.88 Å². The summed E-state index contributed by atoms with van der Waals surface area (Å²) in [4.78, 5) is 25.5. The first-order chi connectivity index (χ1) is 13.5. The van der Waals surface area contributed by atoms with Crippen molar-refractivity contribution in [3.05, 3.63) is 47.3 Å². The lowest BCUT2D eigenvalue weighted by molar-refractivity contribution is -0.116. The first-order valence-electron chi connectivity index (χ1n) is 9.03. The lowest BCUT2D eigenvalue weighted by Crippen LogP contribution is -2.15. The number of hydrogen-bond acceptors (Lipinski definition) is 6. The van der Waals surface area contributed by atoms with Crippen LogP contribution in [-0.2, 0) is 11.8 Å². The Morgan fingerprint density at radius 1 is 1.21 bits per heavy atom. The molecule has 1 amide bonds. The molecular weight excluding hydrogens is 392 g/mol. The third-order valence-corrected chi connectivity index (χ3v) is 6.16. The molecule has 3 rings (SSSR count). The standard InChI is InChI=1S/C20H22N4O2S2/c1-4-6-17(25)21-15-10-8-14(9-11-15)18(26)13(2)28-20-23-22-19(24(20)3)16-7-5-12-27-16/h5,7-13H,4,6H2,1-3H3,(H,21,25). The number of anilines is 1. The van der Waals surface area contributed by atoms with Crippen molar-refractivity contribution in [2.45, 2.75) is 37.1 Å². The predicted octanol–water partition coefficient (Wildman–Crippen LogP) is 4.65. The number of carbonyl (C=O) groups excluding carboxylic acids is 2. The number of benzene rings is 1. The molecule has 0 spiro atoms. The van der Waals surface area contributed by atoms with Gasteiger partial charge in [0.05, 0.1) is 10.1 Å². The Balaban J connectivity index is 1.65. The monoisotopic (exact) mass is 414 g/mol. The van der Waals surface area contributed by atoms with Crippen molar-refractivity contribution >= 4 is 40.5 Å². The van der Waals surface area contributed by atoms with Crippen LogP contribution in [0, 0.1) is 0 Å². The van der Waals surface area contributed by atoms with Crippen molar-refractivity contribution in [3.8, 4) is 10.7 Å². The molecule has 0 aliphatic carbocycles. The van der Waals surface area contributed by atoms with Crippen molar-refractivity contribution in [2.75, 3.05) is 5.32 Å². The first kappa shape index (κ1) is 20.3. The molecule has 8 heteroatoms. The number of aromatic nitrogens is 3. The summed E-state index contributed by atoms with van der Waals surface area (Å²) in [7, 11) is 1.91. The molecule has 1 unspecified atom stereocenters. The van der Waals surface area contributed by atoms with E-state index in [9.17, 15) is 9.59 Å². The fourth-order valence-electron chi connectivity index (χ4n) is 2.65. The molecule has 0 aliphatic rings. The van der Waals surface area contributed by atoms with Gasteiger partial charge in [0, 0.05) is 24.7 Å². The zero-order valence-corrected chi connectivity index (χ0v) is 17.6. The van der Waals surface area contributed by atoms with Crippen LogP contribution in [0.3, 0.4) is 0 Å². The van der Waals surface area contributed by atoms with Crippen molar-refractivity contribution in [3.63, 3.8) is 0 Å². The highest BCUT2D eigenvalue weighted by Crippen LogP contribution is 2.29. The molecule has 0 fully saturated rings. The normalized spacial score (nSPS) is 12.0. The van der Waals surface area contributed by atoms with E-state index in [0.717, 1.165) is 17.1 Å². The topological polar surface area (TPSA) is 76.9 Å². The van der Waals surface area contributed by atoms with Gasteiger partial charge in [-0.1, -0.05) is 24.8 Å². The fourth-order valence-corrected chi connectivity index (χ4v) is 4.29. The first-order valence-corrected chi connectivity index (χ1v) is 10.8. The van der Waals surface area contributed by atoms with Crippen LogP contribution in [0.4, 0.5) is 5.69 Å². The summed E-state index contributed by atoms with van der Waals surface area (Å²) in [5.74, 6) is 0.788. The number of hydrogen-bond donors (Lipinski definition) is 1. The quantitative estimate of drug-likeness (QED) is 0.429. The second-order valence-corrected chi connectivity index (χ2v) is 8.60.